The molecule has 0 fully saturated rings. The van der Waals surface area contributed by atoms with Gasteiger partial charge in [0.05, 0.1) is 6.61 Å². The number of carbonyl (C=O) groups is 2. The highest BCUT2D eigenvalue weighted by atomic mass is 16.5. The lowest BCUT2D eigenvalue weighted by molar-refractivity contribution is -0.118. The zero-order chi connectivity index (χ0) is 24.3. The lowest BCUT2D eigenvalue weighted by atomic mass is 10.1. The van der Waals surface area contributed by atoms with E-state index in [4.69, 9.17) is 9.47 Å². The second-order valence-corrected chi connectivity index (χ2v) is 7.32. The normalized spacial score (nSPS) is 10.7. The van der Waals surface area contributed by atoms with Crippen LogP contribution in [0.15, 0.2) is 78.4 Å². The van der Waals surface area contributed by atoms with E-state index in [0.717, 1.165) is 5.56 Å². The predicted octanol–water partition coefficient (Wildman–Crippen LogP) is 4.96. The van der Waals surface area contributed by atoms with Gasteiger partial charge >= 0.3 is 0 Å². The Balaban J connectivity index is 1.66. The minimum absolute atomic E-state index is 0.103. The van der Waals surface area contributed by atoms with Gasteiger partial charge in [-0.15, -0.1) is 0 Å². The Morgan fingerprint density at radius 2 is 1.56 bits per heavy atom. The number of amides is 2. The van der Waals surface area contributed by atoms with Gasteiger partial charge in [-0.1, -0.05) is 35.9 Å². The summed E-state index contributed by atoms with van der Waals surface area (Å²) in [6.07, 6.45) is 1.43. The Morgan fingerprint density at radius 1 is 0.912 bits per heavy atom. The number of carbonyl (C=O) groups excluding carboxylic acids is 2. The molecule has 0 radical (unpaired) electrons. The first kappa shape index (κ1) is 24.1. The quantitative estimate of drug-likeness (QED) is 0.351. The van der Waals surface area contributed by atoms with Gasteiger partial charge in [-0.2, -0.15) is 5.26 Å². The SMILES string of the molecule is CCOc1ccc(NC(=O)/C(C#N)=C/c2ccccc2OCC(=O)Nc2ccc(C)cc2)cc1. The van der Waals surface area contributed by atoms with Crippen molar-refractivity contribution in [1.82, 2.24) is 0 Å². The highest BCUT2D eigenvalue weighted by Gasteiger charge is 2.12. The summed E-state index contributed by atoms with van der Waals surface area (Å²) in [6, 6.07) is 23.1. The molecular weight excluding hydrogens is 430 g/mol. The fraction of sp³-hybridized carbons (Fsp3) is 0.148. The van der Waals surface area contributed by atoms with Crippen LogP contribution in [0.25, 0.3) is 6.08 Å². The number of hydrogen-bond acceptors (Lipinski definition) is 5. The summed E-state index contributed by atoms with van der Waals surface area (Å²) >= 11 is 0. The van der Waals surface area contributed by atoms with E-state index in [1.54, 1.807) is 48.5 Å². The van der Waals surface area contributed by atoms with Crippen molar-refractivity contribution in [2.75, 3.05) is 23.8 Å². The number of aryl methyl sites for hydroxylation is 1. The van der Waals surface area contributed by atoms with Crippen LogP contribution in [0, 0.1) is 18.3 Å². The average molecular weight is 456 g/mol. The van der Waals surface area contributed by atoms with Gasteiger partial charge in [0.15, 0.2) is 6.61 Å². The Hall–Kier alpha value is -4.57. The van der Waals surface area contributed by atoms with Crippen molar-refractivity contribution in [1.29, 1.82) is 5.26 Å². The molecule has 7 nitrogen and oxygen atoms in total. The van der Waals surface area contributed by atoms with E-state index in [0.29, 0.717) is 35.0 Å². The molecule has 0 heterocycles. The summed E-state index contributed by atoms with van der Waals surface area (Å²) in [6.45, 7) is 4.17. The molecule has 0 bridgehead atoms. The summed E-state index contributed by atoms with van der Waals surface area (Å²) in [7, 11) is 0. The van der Waals surface area contributed by atoms with Crippen molar-refractivity contribution in [3.8, 4) is 17.6 Å². The van der Waals surface area contributed by atoms with Crippen LogP contribution >= 0.6 is 0 Å². The standard InChI is InChI=1S/C27H25N3O4/c1-3-33-24-14-12-23(13-15-24)30-27(32)21(17-28)16-20-6-4-5-7-25(20)34-18-26(31)29-22-10-8-19(2)9-11-22/h4-16H,3,18H2,1-2H3,(H,29,31)(H,30,32)/b21-16+. The Bertz CT molecular complexity index is 1210. The summed E-state index contributed by atoms with van der Waals surface area (Å²) in [5.74, 6) is 0.187. The molecule has 0 aromatic heterocycles. The minimum atomic E-state index is -0.557. The van der Waals surface area contributed by atoms with Gasteiger partial charge in [-0.05, 0) is 62.4 Å². The number of anilines is 2. The smallest absolute Gasteiger partial charge is 0.266 e. The van der Waals surface area contributed by atoms with Crippen LogP contribution in [0.1, 0.15) is 18.1 Å². The van der Waals surface area contributed by atoms with E-state index in [9.17, 15) is 14.9 Å². The van der Waals surface area contributed by atoms with Crippen LogP contribution in [0.5, 0.6) is 11.5 Å². The summed E-state index contributed by atoms with van der Waals surface area (Å²) in [5, 5.41) is 15.0. The third kappa shape index (κ3) is 6.97. The number of para-hydroxylation sites is 1. The Morgan fingerprint density at radius 3 is 2.24 bits per heavy atom. The molecule has 0 saturated carbocycles. The molecular formula is C27H25N3O4. The van der Waals surface area contributed by atoms with Gasteiger partial charge in [-0.3, -0.25) is 9.59 Å². The number of ether oxygens (including phenoxy) is 2. The Kier molecular flexibility index (Phi) is 8.42. The first-order valence-corrected chi connectivity index (χ1v) is 10.7. The Labute approximate surface area is 198 Å². The summed E-state index contributed by atoms with van der Waals surface area (Å²) < 4.78 is 11.0. The summed E-state index contributed by atoms with van der Waals surface area (Å²) in [5.41, 5.74) is 2.70. The van der Waals surface area contributed by atoms with Crippen molar-refractivity contribution in [3.63, 3.8) is 0 Å². The average Bonchev–Trinajstić information content (AvgIpc) is 2.84. The van der Waals surface area contributed by atoms with Crippen LogP contribution in [0.3, 0.4) is 0 Å². The monoisotopic (exact) mass is 455 g/mol. The maximum Gasteiger partial charge on any atom is 0.266 e. The number of rotatable bonds is 9. The van der Waals surface area contributed by atoms with Crippen LogP contribution in [-0.2, 0) is 9.59 Å². The van der Waals surface area contributed by atoms with E-state index in [1.807, 2.05) is 44.2 Å². The fourth-order valence-corrected chi connectivity index (χ4v) is 3.01. The number of nitrogens with zero attached hydrogens (tertiary/aromatic N) is 1. The van der Waals surface area contributed by atoms with Crippen molar-refractivity contribution in [2.45, 2.75) is 13.8 Å². The molecule has 0 aliphatic carbocycles. The molecule has 34 heavy (non-hydrogen) atoms. The highest BCUT2D eigenvalue weighted by molar-refractivity contribution is 6.09. The maximum absolute atomic E-state index is 12.6. The second kappa shape index (κ2) is 11.9. The van der Waals surface area contributed by atoms with Crippen LogP contribution in [0.2, 0.25) is 0 Å². The molecule has 0 saturated heterocycles. The molecule has 172 valence electrons. The molecule has 2 N–H and O–H groups in total. The first-order chi connectivity index (χ1) is 16.5. The number of benzene rings is 3. The molecule has 3 rings (SSSR count). The molecule has 0 aliphatic rings. The highest BCUT2D eigenvalue weighted by Crippen LogP contribution is 2.22. The van der Waals surface area contributed by atoms with Gasteiger partial charge in [0.2, 0.25) is 0 Å². The molecule has 0 spiro atoms. The largest absolute Gasteiger partial charge is 0.494 e. The molecule has 0 aliphatic heterocycles. The number of nitrogens with one attached hydrogen (secondary N) is 2. The topological polar surface area (TPSA) is 100 Å². The summed E-state index contributed by atoms with van der Waals surface area (Å²) in [4.78, 5) is 24.9. The van der Waals surface area contributed by atoms with Crippen molar-refractivity contribution in [3.05, 3.63) is 89.5 Å². The van der Waals surface area contributed by atoms with E-state index in [1.165, 1.54) is 6.08 Å². The van der Waals surface area contributed by atoms with E-state index in [2.05, 4.69) is 10.6 Å². The number of nitriles is 1. The zero-order valence-corrected chi connectivity index (χ0v) is 19.0. The second-order valence-electron chi connectivity index (χ2n) is 7.32. The van der Waals surface area contributed by atoms with Gasteiger partial charge in [-0.25, -0.2) is 0 Å². The van der Waals surface area contributed by atoms with Gasteiger partial charge in [0.25, 0.3) is 11.8 Å². The van der Waals surface area contributed by atoms with Crippen molar-refractivity contribution in [2.24, 2.45) is 0 Å². The third-order valence-corrected chi connectivity index (χ3v) is 4.70. The third-order valence-electron chi connectivity index (χ3n) is 4.70. The number of hydrogen-bond donors (Lipinski definition) is 2. The molecule has 3 aromatic rings. The molecule has 2 amide bonds. The van der Waals surface area contributed by atoms with E-state index >= 15 is 0 Å². The van der Waals surface area contributed by atoms with Gasteiger partial charge < -0.3 is 20.1 Å². The molecule has 0 unspecified atom stereocenters. The lowest BCUT2D eigenvalue weighted by Gasteiger charge is -2.11. The molecule has 7 heteroatoms. The fourth-order valence-electron chi connectivity index (χ4n) is 3.01. The van der Waals surface area contributed by atoms with E-state index < -0.39 is 5.91 Å². The van der Waals surface area contributed by atoms with Crippen LogP contribution in [0.4, 0.5) is 11.4 Å². The van der Waals surface area contributed by atoms with Crippen molar-refractivity contribution >= 4 is 29.3 Å². The predicted molar refractivity (Wildman–Crippen MR) is 132 cm³/mol. The van der Waals surface area contributed by atoms with E-state index in [-0.39, 0.29) is 18.1 Å². The first-order valence-electron chi connectivity index (χ1n) is 10.7. The lowest BCUT2D eigenvalue weighted by Crippen LogP contribution is -2.20. The van der Waals surface area contributed by atoms with Crippen LogP contribution in [-0.4, -0.2) is 25.0 Å². The van der Waals surface area contributed by atoms with Crippen LogP contribution < -0.4 is 20.1 Å². The molecule has 3 aromatic carbocycles. The van der Waals surface area contributed by atoms with Crippen molar-refractivity contribution < 1.29 is 19.1 Å². The van der Waals surface area contributed by atoms with Gasteiger partial charge in [0.1, 0.15) is 23.1 Å². The maximum atomic E-state index is 12.6. The minimum Gasteiger partial charge on any atom is -0.494 e. The zero-order valence-electron chi connectivity index (χ0n) is 19.0. The van der Waals surface area contributed by atoms with Gasteiger partial charge in [0, 0.05) is 16.9 Å². The molecule has 0 atom stereocenters.